The van der Waals surface area contributed by atoms with Crippen molar-refractivity contribution in [3.05, 3.63) is 23.8 Å². The molecule has 0 saturated carbocycles. The quantitative estimate of drug-likeness (QED) is 0.715. The van der Waals surface area contributed by atoms with Crippen LogP contribution in [0.15, 0.2) is 18.2 Å². The number of para-hydroxylation sites is 1. The lowest BCUT2D eigenvalue weighted by Gasteiger charge is -2.13. The zero-order valence-corrected chi connectivity index (χ0v) is 11.8. The Balaban J connectivity index is 2.46. The highest BCUT2D eigenvalue weighted by Crippen LogP contribution is 2.30. The van der Waals surface area contributed by atoms with E-state index >= 15 is 0 Å². The summed E-state index contributed by atoms with van der Waals surface area (Å²) in [6.45, 7) is 2.90. The maximum absolute atomic E-state index is 5.39. The smallest absolute Gasteiger partial charge is 0.165 e. The lowest BCUT2D eigenvalue weighted by atomic mass is 10.2. The summed E-state index contributed by atoms with van der Waals surface area (Å²) < 4.78 is 10.7. The van der Waals surface area contributed by atoms with Crippen LogP contribution in [0.4, 0.5) is 0 Å². The predicted molar refractivity (Wildman–Crippen MR) is 74.4 cm³/mol. The Hall–Kier alpha value is -1.26. The first-order valence-corrected chi connectivity index (χ1v) is 6.24. The number of hydrogen-bond acceptors (Lipinski definition) is 4. The number of benzene rings is 1. The Labute approximate surface area is 110 Å². The molecular formula is C14H24N2O2. The van der Waals surface area contributed by atoms with Crippen LogP contribution >= 0.6 is 0 Å². The van der Waals surface area contributed by atoms with E-state index in [2.05, 4.69) is 30.4 Å². The number of ether oxygens (including phenoxy) is 2. The van der Waals surface area contributed by atoms with E-state index in [1.807, 2.05) is 12.1 Å². The van der Waals surface area contributed by atoms with Crippen molar-refractivity contribution in [2.75, 3.05) is 41.4 Å². The lowest BCUT2D eigenvalue weighted by molar-refractivity contribution is 0.350. The van der Waals surface area contributed by atoms with Gasteiger partial charge in [-0.3, -0.25) is 0 Å². The predicted octanol–water partition coefficient (Wildman–Crippen LogP) is 1.75. The minimum Gasteiger partial charge on any atom is -0.493 e. The van der Waals surface area contributed by atoms with Gasteiger partial charge in [0.25, 0.3) is 0 Å². The maximum Gasteiger partial charge on any atom is 0.165 e. The molecule has 0 radical (unpaired) electrons. The normalized spacial score (nSPS) is 10.7. The van der Waals surface area contributed by atoms with Gasteiger partial charge in [0.2, 0.25) is 0 Å². The van der Waals surface area contributed by atoms with E-state index in [1.54, 1.807) is 14.2 Å². The maximum atomic E-state index is 5.39. The van der Waals surface area contributed by atoms with E-state index < -0.39 is 0 Å². The molecule has 102 valence electrons. The van der Waals surface area contributed by atoms with Crippen LogP contribution in [0.1, 0.15) is 12.0 Å². The fraction of sp³-hybridized carbons (Fsp3) is 0.571. The number of hydrogen-bond donors (Lipinski definition) is 1. The molecule has 0 spiro atoms. The standard InChI is InChI=1S/C14H24N2O2/c1-16(2)10-6-9-15-11-12-7-5-8-13(17-3)14(12)18-4/h5,7-8,15H,6,9-11H2,1-4H3. The first-order chi connectivity index (χ1) is 8.69. The number of methoxy groups -OCH3 is 2. The Morgan fingerprint density at radius 1 is 1.17 bits per heavy atom. The van der Waals surface area contributed by atoms with Crippen LogP contribution in [0.3, 0.4) is 0 Å². The highest BCUT2D eigenvalue weighted by molar-refractivity contribution is 5.46. The van der Waals surface area contributed by atoms with Gasteiger partial charge < -0.3 is 19.7 Å². The van der Waals surface area contributed by atoms with Gasteiger partial charge in [-0.25, -0.2) is 0 Å². The summed E-state index contributed by atoms with van der Waals surface area (Å²) in [6.07, 6.45) is 1.14. The molecule has 0 aliphatic heterocycles. The second kappa shape index (κ2) is 7.95. The summed E-state index contributed by atoms with van der Waals surface area (Å²) >= 11 is 0. The van der Waals surface area contributed by atoms with E-state index in [4.69, 9.17) is 9.47 Å². The van der Waals surface area contributed by atoms with Gasteiger partial charge in [-0.15, -0.1) is 0 Å². The van der Waals surface area contributed by atoms with Crippen LogP contribution in [-0.2, 0) is 6.54 Å². The number of nitrogens with zero attached hydrogens (tertiary/aromatic N) is 1. The molecule has 1 aromatic rings. The zero-order chi connectivity index (χ0) is 13.4. The van der Waals surface area contributed by atoms with Gasteiger partial charge in [0.15, 0.2) is 11.5 Å². The molecule has 0 aliphatic carbocycles. The zero-order valence-electron chi connectivity index (χ0n) is 11.8. The second-order valence-corrected chi connectivity index (χ2v) is 4.49. The number of nitrogens with one attached hydrogen (secondary N) is 1. The van der Waals surface area contributed by atoms with Crippen LogP contribution in [0.2, 0.25) is 0 Å². The molecule has 0 atom stereocenters. The van der Waals surface area contributed by atoms with Crippen molar-refractivity contribution in [1.82, 2.24) is 10.2 Å². The molecule has 0 aliphatic rings. The fourth-order valence-corrected chi connectivity index (χ4v) is 1.84. The molecule has 0 amide bonds. The van der Waals surface area contributed by atoms with Gasteiger partial charge in [-0.1, -0.05) is 12.1 Å². The summed E-state index contributed by atoms with van der Waals surface area (Å²) in [5.74, 6) is 1.60. The van der Waals surface area contributed by atoms with Crippen LogP contribution < -0.4 is 14.8 Å². The molecule has 4 heteroatoms. The Morgan fingerprint density at radius 3 is 2.56 bits per heavy atom. The van der Waals surface area contributed by atoms with Crippen molar-refractivity contribution in [2.24, 2.45) is 0 Å². The van der Waals surface area contributed by atoms with Crippen LogP contribution in [0, 0.1) is 0 Å². The van der Waals surface area contributed by atoms with E-state index in [0.717, 1.165) is 43.1 Å². The van der Waals surface area contributed by atoms with E-state index in [-0.39, 0.29) is 0 Å². The first-order valence-electron chi connectivity index (χ1n) is 6.24. The van der Waals surface area contributed by atoms with Gasteiger partial charge in [-0.2, -0.15) is 0 Å². The van der Waals surface area contributed by atoms with Crippen molar-refractivity contribution < 1.29 is 9.47 Å². The van der Waals surface area contributed by atoms with Crippen molar-refractivity contribution in [2.45, 2.75) is 13.0 Å². The number of rotatable bonds is 8. The molecule has 0 saturated heterocycles. The highest BCUT2D eigenvalue weighted by Gasteiger charge is 2.08. The van der Waals surface area contributed by atoms with Gasteiger partial charge in [0.1, 0.15) is 0 Å². The first kappa shape index (κ1) is 14.8. The topological polar surface area (TPSA) is 33.7 Å². The SMILES string of the molecule is COc1cccc(CNCCCN(C)C)c1OC. The molecule has 18 heavy (non-hydrogen) atoms. The molecule has 0 fully saturated rings. The van der Waals surface area contributed by atoms with Gasteiger partial charge in [-0.05, 0) is 39.7 Å². The minimum absolute atomic E-state index is 0.782. The van der Waals surface area contributed by atoms with Gasteiger partial charge >= 0.3 is 0 Å². The van der Waals surface area contributed by atoms with Crippen LogP contribution in [0.25, 0.3) is 0 Å². The molecule has 4 nitrogen and oxygen atoms in total. The van der Waals surface area contributed by atoms with Crippen LogP contribution in [-0.4, -0.2) is 46.3 Å². The third kappa shape index (κ3) is 4.55. The lowest BCUT2D eigenvalue weighted by Crippen LogP contribution is -2.21. The summed E-state index contributed by atoms with van der Waals surface area (Å²) in [5.41, 5.74) is 1.13. The van der Waals surface area contributed by atoms with E-state index in [9.17, 15) is 0 Å². The third-order valence-electron chi connectivity index (χ3n) is 2.76. The van der Waals surface area contributed by atoms with Crippen molar-refractivity contribution >= 4 is 0 Å². The summed E-state index contributed by atoms with van der Waals surface area (Å²) in [5, 5.41) is 3.42. The Bertz CT molecular complexity index is 354. The molecule has 0 bridgehead atoms. The summed E-state index contributed by atoms with van der Waals surface area (Å²) in [6, 6.07) is 5.95. The second-order valence-electron chi connectivity index (χ2n) is 4.49. The summed E-state index contributed by atoms with van der Waals surface area (Å²) in [7, 11) is 7.51. The average molecular weight is 252 g/mol. The molecular weight excluding hydrogens is 228 g/mol. The monoisotopic (exact) mass is 252 g/mol. The van der Waals surface area contributed by atoms with Crippen molar-refractivity contribution in [3.63, 3.8) is 0 Å². The molecule has 1 rings (SSSR count). The van der Waals surface area contributed by atoms with Crippen LogP contribution in [0.5, 0.6) is 11.5 Å². The third-order valence-corrected chi connectivity index (χ3v) is 2.76. The van der Waals surface area contributed by atoms with E-state index in [1.165, 1.54) is 0 Å². The van der Waals surface area contributed by atoms with Gasteiger partial charge in [0, 0.05) is 12.1 Å². The molecule has 0 aromatic heterocycles. The molecule has 1 aromatic carbocycles. The Kier molecular flexibility index (Phi) is 6.54. The van der Waals surface area contributed by atoms with E-state index in [0.29, 0.717) is 0 Å². The van der Waals surface area contributed by atoms with Crippen molar-refractivity contribution in [3.8, 4) is 11.5 Å². The van der Waals surface area contributed by atoms with Crippen molar-refractivity contribution in [1.29, 1.82) is 0 Å². The molecule has 0 unspecified atom stereocenters. The minimum atomic E-state index is 0.782. The largest absolute Gasteiger partial charge is 0.493 e. The fourth-order valence-electron chi connectivity index (χ4n) is 1.84. The van der Waals surface area contributed by atoms with Gasteiger partial charge in [0.05, 0.1) is 14.2 Å². The molecule has 0 heterocycles. The molecule has 1 N–H and O–H groups in total. The Morgan fingerprint density at radius 2 is 1.94 bits per heavy atom. The highest BCUT2D eigenvalue weighted by atomic mass is 16.5. The average Bonchev–Trinajstić information content (AvgIpc) is 2.37. The summed E-state index contributed by atoms with van der Waals surface area (Å²) in [4.78, 5) is 2.19.